The number of ether oxygens (including phenoxy) is 1. The Bertz CT molecular complexity index is 498. The summed E-state index contributed by atoms with van der Waals surface area (Å²) < 4.78 is 4.78. The van der Waals surface area contributed by atoms with Crippen LogP contribution in [0.2, 0.25) is 0 Å². The lowest BCUT2D eigenvalue weighted by Crippen LogP contribution is -2.12. The molecule has 6 heteroatoms. The van der Waals surface area contributed by atoms with Gasteiger partial charge in [0, 0.05) is 18.0 Å². The van der Waals surface area contributed by atoms with Crippen LogP contribution in [0.5, 0.6) is 0 Å². The summed E-state index contributed by atoms with van der Waals surface area (Å²) in [7, 11) is 0. The summed E-state index contributed by atoms with van der Waals surface area (Å²) in [6.45, 7) is 2.10. The summed E-state index contributed by atoms with van der Waals surface area (Å²) in [5.41, 5.74) is 0.925. The number of carbonyl (C=O) groups excluding carboxylic acids is 1. The van der Waals surface area contributed by atoms with Gasteiger partial charge in [0.15, 0.2) is 0 Å². The van der Waals surface area contributed by atoms with E-state index in [1.165, 1.54) is 11.3 Å². The molecule has 2 aromatic rings. The molecule has 0 fully saturated rings. The molecule has 0 bridgehead atoms. The van der Waals surface area contributed by atoms with E-state index in [4.69, 9.17) is 4.74 Å². The lowest BCUT2D eigenvalue weighted by atomic mass is 10.3. The third-order valence-corrected chi connectivity index (χ3v) is 2.88. The number of hydrogen-bond acceptors (Lipinski definition) is 5. The summed E-state index contributed by atoms with van der Waals surface area (Å²) in [5.74, 6) is 0. The zero-order valence-corrected chi connectivity index (χ0v) is 10.0. The van der Waals surface area contributed by atoms with E-state index >= 15 is 0 Å². The number of carbonyl (C=O) groups is 1. The number of hydrogen-bond donors (Lipinski definition) is 1. The highest BCUT2D eigenvalue weighted by Gasteiger charge is 2.07. The smallest absolute Gasteiger partial charge is 0.412 e. The maximum atomic E-state index is 11.2. The van der Waals surface area contributed by atoms with Gasteiger partial charge in [0.1, 0.15) is 10.0 Å². The van der Waals surface area contributed by atoms with Gasteiger partial charge in [-0.05, 0) is 19.1 Å². The fourth-order valence-electron chi connectivity index (χ4n) is 1.22. The topological polar surface area (TPSA) is 64.1 Å². The van der Waals surface area contributed by atoms with Crippen molar-refractivity contribution in [1.82, 2.24) is 9.97 Å². The molecule has 2 aromatic heterocycles. The molecule has 0 radical (unpaired) electrons. The second-order valence-corrected chi connectivity index (χ2v) is 4.15. The normalized spacial score (nSPS) is 9.94. The number of rotatable bonds is 3. The van der Waals surface area contributed by atoms with Crippen molar-refractivity contribution in [2.75, 3.05) is 11.9 Å². The van der Waals surface area contributed by atoms with Crippen LogP contribution >= 0.6 is 11.3 Å². The van der Waals surface area contributed by atoms with Crippen molar-refractivity contribution in [3.05, 3.63) is 30.7 Å². The van der Waals surface area contributed by atoms with Crippen LogP contribution in [0.15, 0.2) is 30.7 Å². The highest BCUT2D eigenvalue weighted by molar-refractivity contribution is 7.19. The average molecular weight is 249 g/mol. The molecule has 88 valence electrons. The van der Waals surface area contributed by atoms with Crippen LogP contribution in [-0.2, 0) is 4.74 Å². The van der Waals surface area contributed by atoms with E-state index in [0.717, 1.165) is 10.6 Å². The first-order valence-corrected chi connectivity index (χ1v) is 5.91. The standard InChI is InChI=1S/C11H11N3O2S/c1-2-16-11(15)14-9-7-13-10(17-9)8-4-3-5-12-6-8/h3-7H,2H2,1H3,(H,14,15). The Morgan fingerprint density at radius 3 is 3.12 bits per heavy atom. The van der Waals surface area contributed by atoms with Crippen molar-refractivity contribution >= 4 is 22.4 Å². The minimum absolute atomic E-state index is 0.347. The first kappa shape index (κ1) is 11.5. The predicted octanol–water partition coefficient (Wildman–Crippen LogP) is 2.77. The maximum absolute atomic E-state index is 11.2. The molecule has 0 saturated carbocycles. The Morgan fingerprint density at radius 1 is 1.53 bits per heavy atom. The van der Waals surface area contributed by atoms with Crippen LogP contribution < -0.4 is 5.32 Å². The van der Waals surface area contributed by atoms with Gasteiger partial charge in [0.2, 0.25) is 0 Å². The van der Waals surface area contributed by atoms with Crippen molar-refractivity contribution in [3.8, 4) is 10.6 Å². The average Bonchev–Trinajstić information content (AvgIpc) is 2.79. The van der Waals surface area contributed by atoms with E-state index in [1.54, 1.807) is 25.5 Å². The minimum atomic E-state index is -0.464. The van der Waals surface area contributed by atoms with Crippen LogP contribution in [0.25, 0.3) is 10.6 Å². The number of amides is 1. The Hall–Kier alpha value is -1.95. The van der Waals surface area contributed by atoms with Gasteiger partial charge in [0.05, 0.1) is 12.8 Å². The zero-order chi connectivity index (χ0) is 12.1. The molecule has 0 atom stereocenters. The van der Waals surface area contributed by atoms with Gasteiger partial charge < -0.3 is 4.74 Å². The quantitative estimate of drug-likeness (QED) is 0.908. The van der Waals surface area contributed by atoms with Gasteiger partial charge in [-0.3, -0.25) is 10.3 Å². The molecule has 0 aliphatic carbocycles. The number of aromatic nitrogens is 2. The third kappa shape index (κ3) is 3.01. The second-order valence-electron chi connectivity index (χ2n) is 3.12. The number of anilines is 1. The molecule has 2 rings (SSSR count). The summed E-state index contributed by atoms with van der Waals surface area (Å²) in [6.07, 6.45) is 4.57. The number of pyridine rings is 1. The Kier molecular flexibility index (Phi) is 3.66. The van der Waals surface area contributed by atoms with E-state index in [1.807, 2.05) is 12.1 Å². The van der Waals surface area contributed by atoms with Gasteiger partial charge in [-0.1, -0.05) is 11.3 Å². The van der Waals surface area contributed by atoms with Crippen LogP contribution in [0, 0.1) is 0 Å². The summed E-state index contributed by atoms with van der Waals surface area (Å²) >= 11 is 1.38. The fourth-order valence-corrected chi connectivity index (χ4v) is 2.01. The Labute approximate surface area is 102 Å². The molecule has 1 amide bonds. The maximum Gasteiger partial charge on any atom is 0.412 e. The Balaban J connectivity index is 2.09. The van der Waals surface area contributed by atoms with Gasteiger partial charge >= 0.3 is 6.09 Å². The van der Waals surface area contributed by atoms with Crippen LogP contribution in [0.3, 0.4) is 0 Å². The molecule has 17 heavy (non-hydrogen) atoms. The summed E-state index contributed by atoms with van der Waals surface area (Å²) in [6, 6.07) is 3.76. The molecule has 1 N–H and O–H groups in total. The summed E-state index contributed by atoms with van der Waals surface area (Å²) in [5, 5.41) is 4.07. The van der Waals surface area contributed by atoms with E-state index in [2.05, 4.69) is 15.3 Å². The van der Waals surface area contributed by atoms with E-state index in [9.17, 15) is 4.79 Å². The van der Waals surface area contributed by atoms with Crippen molar-refractivity contribution < 1.29 is 9.53 Å². The van der Waals surface area contributed by atoms with Gasteiger partial charge in [-0.25, -0.2) is 9.78 Å². The predicted molar refractivity (Wildman–Crippen MR) is 66.0 cm³/mol. The van der Waals surface area contributed by atoms with Crippen molar-refractivity contribution in [3.63, 3.8) is 0 Å². The first-order valence-electron chi connectivity index (χ1n) is 5.09. The fraction of sp³-hybridized carbons (Fsp3) is 0.182. The Morgan fingerprint density at radius 2 is 2.41 bits per heavy atom. The highest BCUT2D eigenvalue weighted by Crippen LogP contribution is 2.27. The third-order valence-electron chi connectivity index (χ3n) is 1.91. The zero-order valence-electron chi connectivity index (χ0n) is 9.21. The number of thiazole rings is 1. The molecule has 0 aromatic carbocycles. The largest absolute Gasteiger partial charge is 0.450 e. The molecule has 0 aliphatic heterocycles. The first-order chi connectivity index (χ1) is 8.29. The lowest BCUT2D eigenvalue weighted by molar-refractivity contribution is 0.168. The van der Waals surface area contributed by atoms with Gasteiger partial charge in [-0.15, -0.1) is 0 Å². The van der Waals surface area contributed by atoms with Crippen molar-refractivity contribution in [2.24, 2.45) is 0 Å². The number of nitrogens with one attached hydrogen (secondary N) is 1. The molecule has 2 heterocycles. The second kappa shape index (κ2) is 5.40. The van der Waals surface area contributed by atoms with Gasteiger partial charge in [0.25, 0.3) is 0 Å². The molecular weight excluding hydrogens is 238 g/mol. The van der Waals surface area contributed by atoms with Crippen molar-refractivity contribution in [1.29, 1.82) is 0 Å². The lowest BCUT2D eigenvalue weighted by Gasteiger charge is -2.00. The van der Waals surface area contributed by atoms with Crippen LogP contribution in [0.4, 0.5) is 9.80 Å². The van der Waals surface area contributed by atoms with Crippen molar-refractivity contribution in [2.45, 2.75) is 6.92 Å². The monoisotopic (exact) mass is 249 g/mol. The molecule has 5 nitrogen and oxygen atoms in total. The van der Waals surface area contributed by atoms with Gasteiger partial charge in [-0.2, -0.15) is 0 Å². The highest BCUT2D eigenvalue weighted by atomic mass is 32.1. The molecule has 0 aliphatic rings. The number of nitrogens with zero attached hydrogens (tertiary/aromatic N) is 2. The summed E-state index contributed by atoms with van der Waals surface area (Å²) in [4.78, 5) is 19.4. The van der Waals surface area contributed by atoms with E-state index in [-0.39, 0.29) is 0 Å². The van der Waals surface area contributed by atoms with E-state index < -0.39 is 6.09 Å². The molecule has 0 spiro atoms. The van der Waals surface area contributed by atoms with Crippen LogP contribution in [0.1, 0.15) is 6.92 Å². The molecular formula is C11H11N3O2S. The van der Waals surface area contributed by atoms with E-state index in [0.29, 0.717) is 11.6 Å². The minimum Gasteiger partial charge on any atom is -0.450 e. The molecule has 0 unspecified atom stereocenters. The molecule has 0 saturated heterocycles. The van der Waals surface area contributed by atoms with Crippen LogP contribution in [-0.4, -0.2) is 22.7 Å². The SMILES string of the molecule is CCOC(=O)Nc1cnc(-c2cccnc2)s1.